The number of aldehydes is 1. The number of rotatable bonds is 5. The minimum atomic E-state index is 0. The van der Waals surface area contributed by atoms with E-state index in [-0.39, 0.29) is 20.0 Å². The van der Waals surface area contributed by atoms with E-state index in [1.165, 1.54) is 0 Å². The number of halogens is 2. The number of hydrogen-bond donors (Lipinski definition) is 2. The fourth-order valence-corrected chi connectivity index (χ4v) is 3.50. The van der Waals surface area contributed by atoms with Crippen molar-refractivity contribution < 1.29 is 14.6 Å². The second-order valence-corrected chi connectivity index (χ2v) is 8.26. The number of carbonyl (C=O) groups is 1. The molecule has 5 nitrogen and oxygen atoms in total. The summed E-state index contributed by atoms with van der Waals surface area (Å²) in [7, 11) is 5.31. The lowest BCUT2D eigenvalue weighted by Crippen LogP contribution is -2.03. The maximum absolute atomic E-state index is 10.2. The van der Waals surface area contributed by atoms with Crippen LogP contribution in [0, 0.1) is 11.3 Å². The number of hydrogen-bond acceptors (Lipinski definition) is 5. The van der Waals surface area contributed by atoms with Gasteiger partial charge in [0.25, 0.3) is 0 Å². The molecule has 1 fully saturated rings. The van der Waals surface area contributed by atoms with Crippen LogP contribution in [0.3, 0.4) is 0 Å². The van der Waals surface area contributed by atoms with Crippen molar-refractivity contribution >= 4 is 46.0 Å². The first-order chi connectivity index (χ1) is 14.4. The number of nitrogens with zero attached hydrogens (tertiary/aromatic N) is 1. The topological polar surface area (TPSA) is 96.3 Å². The van der Waals surface area contributed by atoms with Crippen LogP contribution < -0.4 is 5.73 Å². The lowest BCUT2D eigenvalue weighted by molar-refractivity contribution is -0.107. The van der Waals surface area contributed by atoms with Crippen molar-refractivity contribution in [3.8, 4) is 6.07 Å². The first-order valence-corrected chi connectivity index (χ1v) is 11.1. The Labute approximate surface area is 203 Å². The van der Waals surface area contributed by atoms with E-state index in [0.717, 1.165) is 51.4 Å². The van der Waals surface area contributed by atoms with Crippen LogP contribution >= 0.6 is 31.9 Å². The largest absolute Gasteiger partial charge is 0.396 e. The van der Waals surface area contributed by atoms with Crippen LogP contribution in [-0.4, -0.2) is 38.5 Å². The summed E-state index contributed by atoms with van der Waals surface area (Å²) >= 11 is 6.64. The Morgan fingerprint density at radius 2 is 1.84 bits per heavy atom. The lowest BCUT2D eigenvalue weighted by atomic mass is 9.98. The number of ether oxygens (including phenoxy) is 1. The van der Waals surface area contributed by atoms with Crippen molar-refractivity contribution in [2.75, 3.05) is 13.2 Å². The molecule has 0 spiro atoms. The number of aliphatic hydroxyl groups excluding tert-OH is 1. The third-order valence-electron chi connectivity index (χ3n) is 4.23. The summed E-state index contributed by atoms with van der Waals surface area (Å²) in [6.07, 6.45) is 3.94. The SMILES string of the molecule is C.N#Cc1ccc(Br)cc1CC=O.NCc1ccc(Br)cc1CCO.[B]C1CCCO1. The normalized spacial score (nSPS) is 14.1. The molecule has 1 heterocycles. The Hall–Kier alpha value is -1.50. The van der Waals surface area contributed by atoms with Crippen molar-refractivity contribution in [3.63, 3.8) is 0 Å². The van der Waals surface area contributed by atoms with E-state index < -0.39 is 0 Å². The second-order valence-electron chi connectivity index (χ2n) is 6.43. The molecule has 1 unspecified atom stereocenters. The summed E-state index contributed by atoms with van der Waals surface area (Å²) in [5.74, 6) is 0. The van der Waals surface area contributed by atoms with Crippen molar-refractivity contribution in [3.05, 3.63) is 67.6 Å². The van der Waals surface area contributed by atoms with Gasteiger partial charge >= 0.3 is 0 Å². The lowest BCUT2D eigenvalue weighted by Gasteiger charge is -2.06. The second kappa shape index (κ2) is 17.1. The average Bonchev–Trinajstić information content (AvgIpc) is 3.21. The van der Waals surface area contributed by atoms with Crippen molar-refractivity contribution in [1.29, 1.82) is 5.26 Å². The standard InChI is InChI=1S/C9H12BrNO.C9H6BrNO.C4H7BO.CH4/c2*10-9-2-1-8(6-11)7(5-9)3-4-12;5-4-2-1-3-6-4;/h1-2,5,12H,3-4,6,11H2;1-2,4-5H,3H2;4H,1-3H2;1H4. The number of nitrogens with two attached hydrogens (primary N) is 1. The van der Waals surface area contributed by atoms with Crippen LogP contribution in [0.15, 0.2) is 45.3 Å². The van der Waals surface area contributed by atoms with Gasteiger partial charge in [-0.1, -0.05) is 45.4 Å². The molecule has 8 heteroatoms. The molecule has 2 aromatic rings. The molecule has 1 aliphatic rings. The number of aliphatic hydroxyl groups is 1. The molecule has 0 saturated carbocycles. The van der Waals surface area contributed by atoms with Crippen molar-refractivity contribution in [1.82, 2.24) is 0 Å². The van der Waals surface area contributed by atoms with Gasteiger partial charge in [-0.2, -0.15) is 5.26 Å². The first-order valence-electron chi connectivity index (χ1n) is 9.52. The van der Waals surface area contributed by atoms with Gasteiger partial charge in [0.05, 0.1) is 11.6 Å². The molecule has 2 radical (unpaired) electrons. The van der Waals surface area contributed by atoms with Gasteiger partial charge in [-0.15, -0.1) is 0 Å². The highest BCUT2D eigenvalue weighted by Gasteiger charge is 2.07. The highest BCUT2D eigenvalue weighted by atomic mass is 79.9. The van der Waals surface area contributed by atoms with Crippen molar-refractivity contribution in [2.45, 2.75) is 45.7 Å². The molecule has 0 bridgehead atoms. The summed E-state index contributed by atoms with van der Waals surface area (Å²) in [5.41, 5.74) is 9.08. The Morgan fingerprint density at radius 1 is 1.19 bits per heavy atom. The summed E-state index contributed by atoms with van der Waals surface area (Å²) in [5, 5.41) is 17.4. The van der Waals surface area contributed by atoms with Gasteiger partial charge in [-0.05, 0) is 66.3 Å². The molecule has 0 aromatic heterocycles. The molecule has 3 N–H and O–H groups in total. The zero-order valence-electron chi connectivity index (χ0n) is 16.7. The van der Waals surface area contributed by atoms with E-state index in [9.17, 15) is 4.79 Å². The third kappa shape index (κ3) is 11.6. The molecule has 0 aliphatic carbocycles. The zero-order valence-corrected chi connectivity index (χ0v) is 19.9. The Balaban J connectivity index is 0.000000451. The number of nitriles is 1. The minimum absolute atomic E-state index is 0. The highest BCUT2D eigenvalue weighted by molar-refractivity contribution is 9.10. The van der Waals surface area contributed by atoms with Gasteiger partial charge in [-0.25, -0.2) is 0 Å². The van der Waals surface area contributed by atoms with E-state index >= 15 is 0 Å². The summed E-state index contributed by atoms with van der Waals surface area (Å²) in [4.78, 5) is 10.2. The Bertz CT molecular complexity index is 838. The van der Waals surface area contributed by atoms with Gasteiger partial charge in [0.15, 0.2) is 0 Å². The van der Waals surface area contributed by atoms with Gasteiger partial charge in [0, 0.05) is 41.1 Å². The van der Waals surface area contributed by atoms with Crippen LogP contribution in [0.2, 0.25) is 0 Å². The number of benzene rings is 2. The Morgan fingerprint density at radius 3 is 2.29 bits per heavy atom. The summed E-state index contributed by atoms with van der Waals surface area (Å²) < 4.78 is 6.85. The third-order valence-corrected chi connectivity index (χ3v) is 5.21. The summed E-state index contributed by atoms with van der Waals surface area (Å²) in [6.45, 7) is 1.56. The molecule has 2 aromatic carbocycles. The molecule has 1 aliphatic heterocycles. The van der Waals surface area contributed by atoms with Crippen LogP contribution in [-0.2, 0) is 28.9 Å². The van der Waals surface area contributed by atoms with Crippen LogP contribution in [0.4, 0.5) is 0 Å². The molecule has 3 rings (SSSR count). The zero-order chi connectivity index (χ0) is 22.4. The van der Waals surface area contributed by atoms with E-state index in [1.807, 2.05) is 24.3 Å². The molecule has 1 saturated heterocycles. The van der Waals surface area contributed by atoms with E-state index in [2.05, 4.69) is 31.9 Å². The van der Waals surface area contributed by atoms with Crippen LogP contribution in [0.25, 0.3) is 0 Å². The molecule has 31 heavy (non-hydrogen) atoms. The van der Waals surface area contributed by atoms with E-state index in [4.69, 9.17) is 28.7 Å². The summed E-state index contributed by atoms with van der Waals surface area (Å²) in [6, 6.07) is 13.3. The first kappa shape index (κ1) is 29.5. The molecule has 0 amide bonds. The van der Waals surface area contributed by atoms with Gasteiger partial charge in [-0.3, -0.25) is 0 Å². The predicted octanol–water partition coefficient (Wildman–Crippen LogP) is 4.43. The fourth-order valence-electron chi connectivity index (χ4n) is 2.68. The average molecular weight is 552 g/mol. The predicted molar refractivity (Wildman–Crippen MR) is 133 cm³/mol. The van der Waals surface area contributed by atoms with Gasteiger partial charge < -0.3 is 20.4 Å². The molecular formula is C23H29BBr2N2O3. The molecule has 1 atom stereocenters. The van der Waals surface area contributed by atoms with Crippen LogP contribution in [0.1, 0.15) is 42.5 Å². The van der Waals surface area contributed by atoms with E-state index in [1.54, 1.807) is 18.2 Å². The number of carbonyl (C=O) groups excluding carboxylic acids is 1. The van der Waals surface area contributed by atoms with Crippen LogP contribution in [0.5, 0.6) is 0 Å². The quantitative estimate of drug-likeness (QED) is 0.423. The molecular weight excluding hydrogens is 523 g/mol. The Kier molecular flexibility index (Phi) is 16.3. The van der Waals surface area contributed by atoms with E-state index in [0.29, 0.717) is 24.9 Å². The molecule has 166 valence electrons. The van der Waals surface area contributed by atoms with Gasteiger partial charge in [0.2, 0.25) is 0 Å². The maximum atomic E-state index is 10.2. The van der Waals surface area contributed by atoms with Crippen molar-refractivity contribution in [2.24, 2.45) is 5.73 Å². The smallest absolute Gasteiger partial charge is 0.124 e. The maximum Gasteiger partial charge on any atom is 0.124 e. The minimum Gasteiger partial charge on any atom is -0.396 e. The van der Waals surface area contributed by atoms with Gasteiger partial charge in [0.1, 0.15) is 14.1 Å². The fraction of sp³-hybridized carbons (Fsp3) is 0.391. The highest BCUT2D eigenvalue weighted by Crippen LogP contribution is 2.17. The monoisotopic (exact) mass is 550 g/mol.